The van der Waals surface area contributed by atoms with Crippen molar-refractivity contribution in [2.45, 2.75) is 32.6 Å². The summed E-state index contributed by atoms with van der Waals surface area (Å²) in [6.45, 7) is 8.18. The summed E-state index contributed by atoms with van der Waals surface area (Å²) in [7, 11) is -3.81. The van der Waals surface area contributed by atoms with Gasteiger partial charge in [0.05, 0.1) is 15.6 Å². The van der Waals surface area contributed by atoms with Crippen LogP contribution in [-0.4, -0.2) is 14.3 Å². The van der Waals surface area contributed by atoms with E-state index in [4.69, 9.17) is 16.7 Å². The van der Waals surface area contributed by atoms with E-state index in [0.29, 0.717) is 5.69 Å². The third-order valence-corrected chi connectivity index (χ3v) is 6.03. The molecule has 0 atom stereocenters. The number of anilines is 1. The molecule has 2 rings (SSSR count). The van der Waals surface area contributed by atoms with Gasteiger partial charge in [0, 0.05) is 5.92 Å². The minimum absolute atomic E-state index is 0.0793. The molecule has 1 aromatic carbocycles. The molecule has 5 nitrogen and oxygen atoms in total. The lowest BCUT2D eigenvalue weighted by molar-refractivity contribution is -0.118. The second-order valence-corrected chi connectivity index (χ2v) is 8.52. The number of amides is 1. The van der Waals surface area contributed by atoms with Crippen LogP contribution in [-0.2, 0) is 14.8 Å². The van der Waals surface area contributed by atoms with E-state index in [1.807, 2.05) is 27.7 Å². The van der Waals surface area contributed by atoms with Gasteiger partial charge >= 0.3 is 0 Å². The zero-order chi connectivity index (χ0) is 16.2. The third kappa shape index (κ3) is 2.67. The van der Waals surface area contributed by atoms with Crippen molar-refractivity contribution in [3.63, 3.8) is 0 Å². The standard InChI is InChI=1S/C14H19ClN2O3S/c1-13(2)11(14(13,3)4)12(18)17-10-6-5-8(7-9(10)15)21(16,19)20/h5-7,11H,1-4H3,(H,17,18)(H2,16,19,20). The average molecular weight is 331 g/mol. The fourth-order valence-electron chi connectivity index (χ4n) is 2.83. The van der Waals surface area contributed by atoms with Gasteiger partial charge in [-0.2, -0.15) is 0 Å². The minimum Gasteiger partial charge on any atom is -0.324 e. The van der Waals surface area contributed by atoms with E-state index in [1.165, 1.54) is 18.2 Å². The van der Waals surface area contributed by atoms with E-state index in [1.54, 1.807) is 0 Å². The zero-order valence-electron chi connectivity index (χ0n) is 12.4. The predicted octanol–water partition coefficient (Wildman–Crippen LogP) is 2.61. The first-order chi connectivity index (χ1) is 9.39. The number of benzene rings is 1. The number of sulfonamides is 1. The maximum atomic E-state index is 12.3. The van der Waals surface area contributed by atoms with Crippen molar-refractivity contribution >= 4 is 33.2 Å². The SMILES string of the molecule is CC1(C)C(C(=O)Nc2ccc(S(N)(=O)=O)cc2Cl)C1(C)C. The summed E-state index contributed by atoms with van der Waals surface area (Å²) < 4.78 is 22.5. The first-order valence-corrected chi connectivity index (χ1v) is 8.44. The number of carbonyl (C=O) groups excluding carboxylic acids is 1. The van der Waals surface area contributed by atoms with Gasteiger partial charge < -0.3 is 5.32 Å². The highest BCUT2D eigenvalue weighted by molar-refractivity contribution is 7.89. The van der Waals surface area contributed by atoms with Crippen LogP contribution >= 0.6 is 11.6 Å². The van der Waals surface area contributed by atoms with Crippen LogP contribution in [0.2, 0.25) is 5.02 Å². The molecule has 0 unspecified atom stereocenters. The summed E-state index contributed by atoms with van der Waals surface area (Å²) in [5, 5.41) is 7.93. The van der Waals surface area contributed by atoms with Crippen molar-refractivity contribution in [3.05, 3.63) is 23.2 Å². The second-order valence-electron chi connectivity index (χ2n) is 6.55. The summed E-state index contributed by atoms with van der Waals surface area (Å²) in [5.41, 5.74) is 0.223. The highest BCUT2D eigenvalue weighted by Gasteiger charge is 2.68. The molecule has 1 fully saturated rings. The van der Waals surface area contributed by atoms with E-state index in [-0.39, 0.29) is 32.6 Å². The molecule has 0 bridgehead atoms. The average Bonchev–Trinajstić information content (AvgIpc) is 2.70. The summed E-state index contributed by atoms with van der Waals surface area (Å²) in [6.07, 6.45) is 0. The maximum absolute atomic E-state index is 12.3. The molecule has 116 valence electrons. The van der Waals surface area contributed by atoms with Crippen LogP contribution in [0.1, 0.15) is 27.7 Å². The van der Waals surface area contributed by atoms with Crippen LogP contribution in [0.25, 0.3) is 0 Å². The summed E-state index contributed by atoms with van der Waals surface area (Å²) in [4.78, 5) is 12.2. The summed E-state index contributed by atoms with van der Waals surface area (Å²) in [6, 6.07) is 4.00. The topological polar surface area (TPSA) is 89.3 Å². The van der Waals surface area contributed by atoms with Gasteiger partial charge in [-0.25, -0.2) is 13.6 Å². The van der Waals surface area contributed by atoms with Crippen LogP contribution in [0, 0.1) is 16.7 Å². The number of nitrogens with one attached hydrogen (secondary N) is 1. The zero-order valence-corrected chi connectivity index (χ0v) is 14.0. The lowest BCUT2D eigenvalue weighted by atomic mass is 10.0. The Balaban J connectivity index is 2.21. The molecular weight excluding hydrogens is 312 g/mol. The molecule has 3 N–H and O–H groups in total. The molecule has 21 heavy (non-hydrogen) atoms. The molecular formula is C14H19ClN2O3S. The van der Waals surface area contributed by atoms with Crippen molar-refractivity contribution in [1.82, 2.24) is 0 Å². The number of primary sulfonamides is 1. The van der Waals surface area contributed by atoms with Crippen molar-refractivity contribution in [1.29, 1.82) is 0 Å². The normalized spacial score (nSPS) is 20.1. The second kappa shape index (κ2) is 4.69. The maximum Gasteiger partial charge on any atom is 0.238 e. The van der Waals surface area contributed by atoms with Gasteiger partial charge in [-0.05, 0) is 29.0 Å². The number of carbonyl (C=O) groups is 1. The Morgan fingerprint density at radius 2 is 1.76 bits per heavy atom. The van der Waals surface area contributed by atoms with Crippen molar-refractivity contribution < 1.29 is 13.2 Å². The van der Waals surface area contributed by atoms with E-state index >= 15 is 0 Å². The molecule has 1 aliphatic rings. The molecule has 0 saturated heterocycles. The Hall–Kier alpha value is -1.11. The van der Waals surface area contributed by atoms with Crippen LogP contribution < -0.4 is 10.5 Å². The first kappa shape index (κ1) is 16.3. The number of hydrogen-bond acceptors (Lipinski definition) is 3. The molecule has 1 aromatic rings. The molecule has 1 aliphatic carbocycles. The lowest BCUT2D eigenvalue weighted by Gasteiger charge is -2.09. The van der Waals surface area contributed by atoms with Crippen LogP contribution in [0.3, 0.4) is 0 Å². The summed E-state index contributed by atoms with van der Waals surface area (Å²) in [5.74, 6) is -0.228. The van der Waals surface area contributed by atoms with Gasteiger partial charge in [-0.1, -0.05) is 39.3 Å². The van der Waals surface area contributed by atoms with Crippen LogP contribution in [0.5, 0.6) is 0 Å². The molecule has 0 aromatic heterocycles. The first-order valence-electron chi connectivity index (χ1n) is 6.52. The molecule has 0 spiro atoms. The monoisotopic (exact) mass is 330 g/mol. The minimum atomic E-state index is -3.81. The Kier molecular flexibility index (Phi) is 3.64. The fourth-order valence-corrected chi connectivity index (χ4v) is 3.66. The van der Waals surface area contributed by atoms with Crippen LogP contribution in [0.4, 0.5) is 5.69 Å². The molecule has 1 amide bonds. The van der Waals surface area contributed by atoms with Crippen molar-refractivity contribution in [2.24, 2.45) is 21.9 Å². The molecule has 7 heteroatoms. The Morgan fingerprint density at radius 1 is 1.24 bits per heavy atom. The molecule has 0 aliphatic heterocycles. The molecule has 1 saturated carbocycles. The van der Waals surface area contributed by atoms with Crippen LogP contribution in [0.15, 0.2) is 23.1 Å². The van der Waals surface area contributed by atoms with Gasteiger partial charge in [0.2, 0.25) is 15.9 Å². The highest BCUT2D eigenvalue weighted by Crippen LogP contribution is 2.68. The Labute approximate surface area is 129 Å². The number of hydrogen-bond donors (Lipinski definition) is 2. The van der Waals surface area contributed by atoms with E-state index in [0.717, 1.165) is 0 Å². The number of nitrogens with two attached hydrogens (primary N) is 1. The predicted molar refractivity (Wildman–Crippen MR) is 82.5 cm³/mol. The quantitative estimate of drug-likeness (QED) is 0.892. The van der Waals surface area contributed by atoms with Crippen molar-refractivity contribution in [2.75, 3.05) is 5.32 Å². The lowest BCUT2D eigenvalue weighted by Crippen LogP contribution is -2.18. The Bertz CT molecular complexity index is 697. The fraction of sp³-hybridized carbons (Fsp3) is 0.500. The summed E-state index contributed by atoms with van der Waals surface area (Å²) >= 11 is 6.01. The van der Waals surface area contributed by atoms with Crippen molar-refractivity contribution in [3.8, 4) is 0 Å². The van der Waals surface area contributed by atoms with Gasteiger partial charge in [0.25, 0.3) is 0 Å². The molecule has 0 radical (unpaired) electrons. The Morgan fingerprint density at radius 3 is 2.14 bits per heavy atom. The van der Waals surface area contributed by atoms with Gasteiger partial charge in [-0.15, -0.1) is 0 Å². The van der Waals surface area contributed by atoms with E-state index in [9.17, 15) is 13.2 Å². The van der Waals surface area contributed by atoms with E-state index < -0.39 is 10.0 Å². The van der Waals surface area contributed by atoms with E-state index in [2.05, 4.69) is 5.32 Å². The number of rotatable bonds is 3. The smallest absolute Gasteiger partial charge is 0.238 e. The molecule has 0 heterocycles. The highest BCUT2D eigenvalue weighted by atomic mass is 35.5. The third-order valence-electron chi connectivity index (χ3n) is 4.81. The largest absolute Gasteiger partial charge is 0.324 e. The van der Waals surface area contributed by atoms with Gasteiger partial charge in [0.15, 0.2) is 0 Å². The van der Waals surface area contributed by atoms with Gasteiger partial charge in [0.1, 0.15) is 0 Å². The van der Waals surface area contributed by atoms with Gasteiger partial charge in [-0.3, -0.25) is 4.79 Å². The number of halogens is 1.